The van der Waals surface area contributed by atoms with Gasteiger partial charge in [-0.05, 0) is 51.8 Å². The fourth-order valence-corrected chi connectivity index (χ4v) is 4.23. The number of thiophene rings is 1. The zero-order valence-corrected chi connectivity index (χ0v) is 14.5. The Balaban J connectivity index is 2.31. The van der Waals surface area contributed by atoms with Gasteiger partial charge in [-0.15, -0.1) is 0 Å². The van der Waals surface area contributed by atoms with E-state index in [4.69, 9.17) is 0 Å². The van der Waals surface area contributed by atoms with Crippen molar-refractivity contribution in [3.05, 3.63) is 56.7 Å². The fraction of sp³-hybridized carbons (Fsp3) is 0.412. The van der Waals surface area contributed by atoms with E-state index in [1.165, 1.54) is 15.6 Å². The molecule has 1 heterocycles. The lowest BCUT2D eigenvalue weighted by Gasteiger charge is -2.28. The second-order valence-corrected chi connectivity index (χ2v) is 6.63. The summed E-state index contributed by atoms with van der Waals surface area (Å²) in [7, 11) is 0. The quantitative estimate of drug-likeness (QED) is 0.669. The van der Waals surface area contributed by atoms with Crippen molar-refractivity contribution in [2.75, 3.05) is 6.54 Å². The molecule has 2 atom stereocenters. The normalized spacial score (nSPS) is 14.2. The fourth-order valence-electron chi connectivity index (χ4n) is 2.65. The topological polar surface area (TPSA) is 12.0 Å². The van der Waals surface area contributed by atoms with Crippen LogP contribution in [0.5, 0.6) is 0 Å². The van der Waals surface area contributed by atoms with E-state index >= 15 is 0 Å². The molecule has 1 aromatic carbocycles. The van der Waals surface area contributed by atoms with E-state index in [0.717, 1.165) is 19.4 Å². The number of halogens is 1. The van der Waals surface area contributed by atoms with E-state index in [0.29, 0.717) is 12.0 Å². The Bertz CT molecular complexity index is 509. The average Bonchev–Trinajstić information content (AvgIpc) is 2.90. The second kappa shape index (κ2) is 7.96. The van der Waals surface area contributed by atoms with Gasteiger partial charge in [0.2, 0.25) is 0 Å². The number of hydrogen-bond acceptors (Lipinski definition) is 2. The Labute approximate surface area is 134 Å². The van der Waals surface area contributed by atoms with E-state index in [2.05, 4.69) is 76.2 Å². The van der Waals surface area contributed by atoms with Crippen LogP contribution in [0.3, 0.4) is 0 Å². The van der Waals surface area contributed by atoms with Crippen LogP contribution in [0, 0.1) is 0 Å². The Morgan fingerprint density at radius 1 is 1.15 bits per heavy atom. The summed E-state index contributed by atoms with van der Waals surface area (Å²) in [5.41, 5.74) is 2.81. The molecule has 108 valence electrons. The predicted octanol–water partition coefficient (Wildman–Crippen LogP) is 5.75. The van der Waals surface area contributed by atoms with Crippen molar-refractivity contribution in [3.63, 3.8) is 0 Å². The molecule has 20 heavy (non-hydrogen) atoms. The molecule has 0 spiro atoms. The lowest BCUT2D eigenvalue weighted by molar-refractivity contribution is 0.435. The third-order valence-electron chi connectivity index (χ3n) is 3.66. The number of nitrogens with one attached hydrogen (secondary N) is 1. The second-order valence-electron chi connectivity index (χ2n) is 5.03. The van der Waals surface area contributed by atoms with Gasteiger partial charge in [0.1, 0.15) is 0 Å². The van der Waals surface area contributed by atoms with Crippen LogP contribution in [-0.4, -0.2) is 6.54 Å². The van der Waals surface area contributed by atoms with Crippen LogP contribution >= 0.6 is 27.3 Å². The van der Waals surface area contributed by atoms with E-state index < -0.39 is 0 Å². The van der Waals surface area contributed by atoms with Crippen LogP contribution in [0.1, 0.15) is 49.8 Å². The van der Waals surface area contributed by atoms with Gasteiger partial charge in [-0.3, -0.25) is 0 Å². The highest BCUT2D eigenvalue weighted by molar-refractivity contribution is 9.10. The number of rotatable bonds is 7. The lowest BCUT2D eigenvalue weighted by atomic mass is 9.86. The molecule has 2 rings (SSSR count). The third-order valence-corrected chi connectivity index (χ3v) is 5.41. The molecular weight excluding hydrogens is 330 g/mol. The van der Waals surface area contributed by atoms with E-state index in [9.17, 15) is 0 Å². The first-order valence-electron chi connectivity index (χ1n) is 7.27. The van der Waals surface area contributed by atoms with E-state index in [1.807, 2.05) is 0 Å². The molecule has 0 aliphatic carbocycles. The van der Waals surface area contributed by atoms with Gasteiger partial charge in [0.25, 0.3) is 0 Å². The minimum Gasteiger partial charge on any atom is -0.309 e. The summed E-state index contributed by atoms with van der Waals surface area (Å²) in [4.78, 5) is 0. The van der Waals surface area contributed by atoms with Crippen molar-refractivity contribution < 1.29 is 0 Å². The van der Waals surface area contributed by atoms with Crippen molar-refractivity contribution in [3.8, 4) is 0 Å². The molecule has 0 aliphatic rings. The maximum Gasteiger partial charge on any atom is 0.0409 e. The Morgan fingerprint density at radius 2 is 1.90 bits per heavy atom. The largest absolute Gasteiger partial charge is 0.309 e. The van der Waals surface area contributed by atoms with E-state index in [-0.39, 0.29) is 0 Å². The standard InChI is InChI=1S/C17H22BrNS/c1-3-10-19-17(15-11-20-12-16(15)18)14(4-2)13-8-6-5-7-9-13/h5-9,11-12,14,17,19H,3-4,10H2,1-2H3. The molecule has 0 aliphatic heterocycles. The van der Waals surface area contributed by atoms with Crippen LogP contribution in [0.4, 0.5) is 0 Å². The molecule has 0 saturated carbocycles. The molecule has 2 aromatic rings. The maximum absolute atomic E-state index is 3.74. The Morgan fingerprint density at radius 3 is 2.45 bits per heavy atom. The van der Waals surface area contributed by atoms with Gasteiger partial charge in [-0.2, -0.15) is 11.3 Å². The summed E-state index contributed by atoms with van der Waals surface area (Å²) >= 11 is 5.46. The summed E-state index contributed by atoms with van der Waals surface area (Å²) < 4.78 is 1.23. The van der Waals surface area contributed by atoms with Gasteiger partial charge in [0, 0.05) is 21.8 Å². The van der Waals surface area contributed by atoms with Crippen LogP contribution in [-0.2, 0) is 0 Å². The van der Waals surface area contributed by atoms with Crippen molar-refractivity contribution in [2.45, 2.75) is 38.6 Å². The minimum absolute atomic E-state index is 0.378. The van der Waals surface area contributed by atoms with Gasteiger partial charge < -0.3 is 5.32 Å². The Kier molecular flexibility index (Phi) is 6.27. The molecule has 1 N–H and O–H groups in total. The van der Waals surface area contributed by atoms with Crippen LogP contribution < -0.4 is 5.32 Å². The maximum atomic E-state index is 3.74. The first kappa shape index (κ1) is 15.7. The predicted molar refractivity (Wildman–Crippen MR) is 92.5 cm³/mol. The molecule has 0 saturated heterocycles. The number of benzene rings is 1. The minimum atomic E-state index is 0.378. The van der Waals surface area contributed by atoms with E-state index in [1.54, 1.807) is 11.3 Å². The summed E-state index contributed by atoms with van der Waals surface area (Å²) in [6.07, 6.45) is 2.29. The SMILES string of the molecule is CCCNC(c1cscc1Br)C(CC)c1ccccc1. The van der Waals surface area contributed by atoms with Gasteiger partial charge >= 0.3 is 0 Å². The summed E-state index contributed by atoms with van der Waals surface area (Å²) in [6, 6.07) is 11.2. The molecule has 1 nitrogen and oxygen atoms in total. The first-order valence-corrected chi connectivity index (χ1v) is 9.01. The van der Waals surface area contributed by atoms with Crippen molar-refractivity contribution in [2.24, 2.45) is 0 Å². The van der Waals surface area contributed by atoms with Crippen LogP contribution in [0.25, 0.3) is 0 Å². The highest BCUT2D eigenvalue weighted by Gasteiger charge is 2.24. The van der Waals surface area contributed by atoms with Crippen molar-refractivity contribution in [1.82, 2.24) is 5.32 Å². The Hall–Kier alpha value is -0.640. The van der Waals surface area contributed by atoms with Gasteiger partial charge in [0.05, 0.1) is 0 Å². The van der Waals surface area contributed by atoms with Crippen molar-refractivity contribution >= 4 is 27.3 Å². The molecule has 0 amide bonds. The zero-order valence-electron chi connectivity index (χ0n) is 12.1. The average molecular weight is 352 g/mol. The summed E-state index contributed by atoms with van der Waals surface area (Å²) in [5.74, 6) is 0.508. The molecule has 0 fully saturated rings. The lowest BCUT2D eigenvalue weighted by Crippen LogP contribution is -2.27. The van der Waals surface area contributed by atoms with Gasteiger partial charge in [-0.1, -0.05) is 44.2 Å². The molecular formula is C17H22BrNS. The summed E-state index contributed by atoms with van der Waals surface area (Å²) in [5, 5.41) is 8.18. The first-order chi connectivity index (χ1) is 9.77. The molecule has 0 radical (unpaired) electrons. The van der Waals surface area contributed by atoms with Gasteiger partial charge in [-0.25, -0.2) is 0 Å². The van der Waals surface area contributed by atoms with Crippen LogP contribution in [0.15, 0.2) is 45.6 Å². The molecule has 3 heteroatoms. The monoisotopic (exact) mass is 351 g/mol. The zero-order chi connectivity index (χ0) is 14.4. The molecule has 1 aromatic heterocycles. The summed E-state index contributed by atoms with van der Waals surface area (Å²) in [6.45, 7) is 5.55. The number of hydrogen-bond donors (Lipinski definition) is 1. The molecule has 2 unspecified atom stereocenters. The highest BCUT2D eigenvalue weighted by atomic mass is 79.9. The van der Waals surface area contributed by atoms with Crippen molar-refractivity contribution in [1.29, 1.82) is 0 Å². The molecule has 0 bridgehead atoms. The highest BCUT2D eigenvalue weighted by Crippen LogP contribution is 2.38. The van der Waals surface area contributed by atoms with Gasteiger partial charge in [0.15, 0.2) is 0 Å². The third kappa shape index (κ3) is 3.72. The smallest absolute Gasteiger partial charge is 0.0409 e. The van der Waals surface area contributed by atoms with Crippen LogP contribution in [0.2, 0.25) is 0 Å².